The Morgan fingerprint density at radius 3 is 2.71 bits per heavy atom. The lowest BCUT2D eigenvalue weighted by Gasteiger charge is -2.13. The molecule has 0 aliphatic heterocycles. The van der Waals surface area contributed by atoms with E-state index in [9.17, 15) is 4.79 Å². The standard InChI is InChI=1S/C22H26N6O2S/c1-14-11-17(30-26-14)15-13-24-28(20(15)18-7-6-10-31-18)9-8-23-21(29)16-12-19(22(2,3)4)25-27(16)5/h6-7,10-13H,8-9H2,1-5H3,(H,23,29). The maximum Gasteiger partial charge on any atom is 0.269 e. The summed E-state index contributed by atoms with van der Waals surface area (Å²) in [6, 6.07) is 7.80. The molecule has 31 heavy (non-hydrogen) atoms. The molecular weight excluding hydrogens is 412 g/mol. The molecule has 4 heterocycles. The van der Waals surface area contributed by atoms with Crippen LogP contribution in [0.25, 0.3) is 21.9 Å². The molecular formula is C22H26N6O2S. The zero-order chi connectivity index (χ0) is 22.2. The third-order valence-electron chi connectivity index (χ3n) is 4.98. The van der Waals surface area contributed by atoms with Crippen LogP contribution in [0.15, 0.2) is 40.4 Å². The van der Waals surface area contributed by atoms with Crippen LogP contribution in [0.2, 0.25) is 0 Å². The Morgan fingerprint density at radius 2 is 2.10 bits per heavy atom. The lowest BCUT2D eigenvalue weighted by atomic mass is 9.92. The summed E-state index contributed by atoms with van der Waals surface area (Å²) in [7, 11) is 1.79. The van der Waals surface area contributed by atoms with Gasteiger partial charge in [0.2, 0.25) is 0 Å². The Hall–Kier alpha value is -3.20. The molecule has 0 unspecified atom stereocenters. The molecule has 4 aromatic rings. The fraction of sp³-hybridized carbons (Fsp3) is 0.364. The summed E-state index contributed by atoms with van der Waals surface area (Å²) in [5.41, 5.74) is 3.97. The molecule has 0 spiro atoms. The highest BCUT2D eigenvalue weighted by Crippen LogP contribution is 2.35. The van der Waals surface area contributed by atoms with Crippen molar-refractivity contribution in [2.45, 2.75) is 39.7 Å². The van der Waals surface area contributed by atoms with Gasteiger partial charge in [-0.25, -0.2) is 0 Å². The van der Waals surface area contributed by atoms with Crippen LogP contribution in [0.3, 0.4) is 0 Å². The lowest BCUT2D eigenvalue weighted by Crippen LogP contribution is -2.29. The van der Waals surface area contributed by atoms with E-state index in [0.717, 1.165) is 27.5 Å². The van der Waals surface area contributed by atoms with Crippen LogP contribution in [0, 0.1) is 6.92 Å². The summed E-state index contributed by atoms with van der Waals surface area (Å²) in [4.78, 5) is 13.8. The number of thiophene rings is 1. The van der Waals surface area contributed by atoms with Crippen molar-refractivity contribution in [2.24, 2.45) is 7.05 Å². The van der Waals surface area contributed by atoms with Crippen molar-refractivity contribution < 1.29 is 9.32 Å². The molecule has 4 aromatic heterocycles. The smallest absolute Gasteiger partial charge is 0.269 e. The number of nitrogens with one attached hydrogen (secondary N) is 1. The van der Waals surface area contributed by atoms with Crippen molar-refractivity contribution in [3.8, 4) is 21.9 Å². The summed E-state index contributed by atoms with van der Waals surface area (Å²) < 4.78 is 8.99. The number of amides is 1. The van der Waals surface area contributed by atoms with Gasteiger partial charge in [-0.1, -0.05) is 32.0 Å². The third-order valence-corrected chi connectivity index (χ3v) is 5.85. The minimum Gasteiger partial charge on any atom is -0.356 e. The Kier molecular flexibility index (Phi) is 5.53. The van der Waals surface area contributed by atoms with Crippen LogP contribution in [0.4, 0.5) is 0 Å². The van der Waals surface area contributed by atoms with Gasteiger partial charge >= 0.3 is 0 Å². The fourth-order valence-electron chi connectivity index (χ4n) is 3.31. The van der Waals surface area contributed by atoms with E-state index in [0.29, 0.717) is 24.5 Å². The minimum absolute atomic E-state index is 0.115. The minimum atomic E-state index is -0.151. The number of aryl methyl sites for hydroxylation is 2. The van der Waals surface area contributed by atoms with Gasteiger partial charge in [0.15, 0.2) is 5.76 Å². The topological polar surface area (TPSA) is 90.8 Å². The normalized spacial score (nSPS) is 11.8. The summed E-state index contributed by atoms with van der Waals surface area (Å²) in [6.45, 7) is 9.08. The van der Waals surface area contributed by atoms with Crippen LogP contribution < -0.4 is 5.32 Å². The van der Waals surface area contributed by atoms with Crippen molar-refractivity contribution in [3.63, 3.8) is 0 Å². The molecule has 0 aromatic carbocycles. The van der Waals surface area contributed by atoms with E-state index in [4.69, 9.17) is 4.52 Å². The molecule has 1 N–H and O–H groups in total. The zero-order valence-electron chi connectivity index (χ0n) is 18.3. The van der Waals surface area contributed by atoms with Gasteiger partial charge in [-0.15, -0.1) is 11.3 Å². The highest BCUT2D eigenvalue weighted by Gasteiger charge is 2.22. The summed E-state index contributed by atoms with van der Waals surface area (Å²) in [6.07, 6.45) is 1.79. The Labute approximate surface area is 184 Å². The molecule has 0 aliphatic rings. The number of hydrogen-bond acceptors (Lipinski definition) is 6. The van der Waals surface area contributed by atoms with Crippen LogP contribution >= 0.6 is 11.3 Å². The van der Waals surface area contributed by atoms with Crippen LogP contribution in [0.1, 0.15) is 42.6 Å². The molecule has 0 atom stereocenters. The molecule has 4 rings (SSSR count). The second kappa shape index (κ2) is 8.14. The molecule has 0 radical (unpaired) electrons. The first-order chi connectivity index (χ1) is 14.7. The Balaban J connectivity index is 1.51. The van der Waals surface area contributed by atoms with E-state index in [1.54, 1.807) is 29.3 Å². The van der Waals surface area contributed by atoms with Crippen molar-refractivity contribution in [2.75, 3.05) is 6.54 Å². The number of nitrogens with zero attached hydrogens (tertiary/aromatic N) is 5. The van der Waals surface area contributed by atoms with Crippen molar-refractivity contribution in [1.82, 2.24) is 30.0 Å². The first-order valence-electron chi connectivity index (χ1n) is 10.1. The van der Waals surface area contributed by atoms with Crippen molar-refractivity contribution in [3.05, 3.63) is 52.9 Å². The molecule has 0 fully saturated rings. The summed E-state index contributed by atoms with van der Waals surface area (Å²) in [5, 5.41) is 18.0. The molecule has 0 aliphatic carbocycles. The quantitative estimate of drug-likeness (QED) is 0.491. The molecule has 8 nitrogen and oxygen atoms in total. The fourth-order valence-corrected chi connectivity index (χ4v) is 4.10. The van der Waals surface area contributed by atoms with E-state index < -0.39 is 0 Å². The first kappa shape index (κ1) is 21.0. The van der Waals surface area contributed by atoms with Gasteiger partial charge in [-0.05, 0) is 24.4 Å². The second-order valence-corrected chi connectivity index (χ2v) is 9.43. The SMILES string of the molecule is Cc1cc(-c2cnn(CCNC(=O)c3cc(C(C)(C)C)nn3C)c2-c2cccs2)on1. The maximum atomic E-state index is 12.7. The molecule has 0 saturated carbocycles. The van der Waals surface area contributed by atoms with Gasteiger partial charge < -0.3 is 9.84 Å². The van der Waals surface area contributed by atoms with Gasteiger partial charge in [0.25, 0.3) is 5.91 Å². The third kappa shape index (κ3) is 4.32. The monoisotopic (exact) mass is 438 g/mol. The van der Waals surface area contributed by atoms with Gasteiger partial charge in [0.1, 0.15) is 5.69 Å². The van der Waals surface area contributed by atoms with Crippen molar-refractivity contribution >= 4 is 17.2 Å². The van der Waals surface area contributed by atoms with Crippen molar-refractivity contribution in [1.29, 1.82) is 0 Å². The molecule has 162 valence electrons. The largest absolute Gasteiger partial charge is 0.356 e. The van der Waals surface area contributed by atoms with E-state index in [-0.39, 0.29) is 11.3 Å². The number of carbonyl (C=O) groups excluding carboxylic acids is 1. The van der Waals surface area contributed by atoms with Gasteiger partial charge in [-0.3, -0.25) is 14.2 Å². The highest BCUT2D eigenvalue weighted by atomic mass is 32.1. The predicted molar refractivity (Wildman–Crippen MR) is 120 cm³/mol. The summed E-state index contributed by atoms with van der Waals surface area (Å²) in [5.74, 6) is 0.530. The van der Waals surface area contributed by atoms with E-state index in [2.05, 4.69) is 41.4 Å². The number of hydrogen-bond donors (Lipinski definition) is 1. The number of carbonyl (C=O) groups is 1. The van der Waals surface area contributed by atoms with Crippen LogP contribution in [-0.4, -0.2) is 37.2 Å². The lowest BCUT2D eigenvalue weighted by molar-refractivity contribution is 0.0942. The zero-order valence-corrected chi connectivity index (χ0v) is 19.2. The van der Waals surface area contributed by atoms with Gasteiger partial charge in [0, 0.05) is 25.1 Å². The Bertz CT molecular complexity index is 1190. The van der Waals surface area contributed by atoms with Gasteiger partial charge in [-0.2, -0.15) is 10.2 Å². The van der Waals surface area contributed by atoms with E-state index in [1.807, 2.05) is 41.3 Å². The van der Waals surface area contributed by atoms with Crippen LogP contribution in [-0.2, 0) is 19.0 Å². The van der Waals surface area contributed by atoms with Gasteiger partial charge in [0.05, 0.1) is 40.3 Å². The Morgan fingerprint density at radius 1 is 1.29 bits per heavy atom. The second-order valence-electron chi connectivity index (χ2n) is 8.48. The molecule has 9 heteroatoms. The van der Waals surface area contributed by atoms with E-state index in [1.165, 1.54) is 0 Å². The predicted octanol–water partition coefficient (Wildman–Crippen LogP) is 4.04. The van der Waals surface area contributed by atoms with E-state index >= 15 is 0 Å². The molecule has 0 saturated heterocycles. The molecule has 1 amide bonds. The number of aromatic nitrogens is 5. The number of rotatable bonds is 6. The maximum absolute atomic E-state index is 12.7. The average molecular weight is 439 g/mol. The summed E-state index contributed by atoms with van der Waals surface area (Å²) >= 11 is 1.63. The molecule has 0 bridgehead atoms. The van der Waals surface area contributed by atoms with Crippen LogP contribution in [0.5, 0.6) is 0 Å². The first-order valence-corrected chi connectivity index (χ1v) is 11.0. The highest BCUT2D eigenvalue weighted by molar-refractivity contribution is 7.13. The average Bonchev–Trinajstić information content (AvgIpc) is 3.46.